The lowest BCUT2D eigenvalue weighted by atomic mass is 9.84. The third-order valence-electron chi connectivity index (χ3n) is 6.56. The van der Waals surface area contributed by atoms with Gasteiger partial charge in [-0.05, 0) is 30.5 Å². The van der Waals surface area contributed by atoms with Gasteiger partial charge in [0.2, 0.25) is 5.43 Å². The van der Waals surface area contributed by atoms with E-state index in [1.165, 1.54) is 35.0 Å². The van der Waals surface area contributed by atoms with Crippen LogP contribution in [0.5, 0.6) is 5.75 Å². The molecule has 0 bridgehead atoms. The van der Waals surface area contributed by atoms with Crippen molar-refractivity contribution in [3.63, 3.8) is 0 Å². The molecule has 2 N–H and O–H groups in total. The van der Waals surface area contributed by atoms with Crippen molar-refractivity contribution in [1.29, 1.82) is 0 Å². The lowest BCUT2D eigenvalue weighted by Gasteiger charge is -2.39. The molecule has 0 unspecified atom stereocenters. The number of amides is 2. The van der Waals surface area contributed by atoms with Gasteiger partial charge in [0, 0.05) is 38.3 Å². The van der Waals surface area contributed by atoms with Gasteiger partial charge in [-0.15, -0.1) is 0 Å². The van der Waals surface area contributed by atoms with Gasteiger partial charge < -0.3 is 24.6 Å². The SMILES string of the molecule is CN1C(=O)c2c(O)c(=O)c(C(=O)NCc3ccc(F)cc3)cn2CCOC[C@@H]2CCCC[C@@H]21. The third kappa shape index (κ3) is 4.78. The van der Waals surface area contributed by atoms with Crippen molar-refractivity contribution in [2.45, 2.75) is 44.8 Å². The first-order valence-corrected chi connectivity index (χ1v) is 11.2. The zero-order valence-electron chi connectivity index (χ0n) is 18.6. The van der Waals surface area contributed by atoms with E-state index in [1.807, 2.05) is 0 Å². The highest BCUT2D eigenvalue weighted by molar-refractivity contribution is 5.98. The number of benzene rings is 1. The summed E-state index contributed by atoms with van der Waals surface area (Å²) in [5.41, 5.74) is -0.660. The van der Waals surface area contributed by atoms with E-state index in [0.29, 0.717) is 12.2 Å². The largest absolute Gasteiger partial charge is 0.503 e. The number of nitrogens with one attached hydrogen (secondary N) is 1. The van der Waals surface area contributed by atoms with Gasteiger partial charge in [-0.2, -0.15) is 0 Å². The quantitative estimate of drug-likeness (QED) is 0.737. The predicted molar refractivity (Wildman–Crippen MR) is 119 cm³/mol. The Kier molecular flexibility index (Phi) is 6.78. The number of aromatic hydroxyl groups is 1. The van der Waals surface area contributed by atoms with Crippen molar-refractivity contribution in [1.82, 2.24) is 14.8 Å². The van der Waals surface area contributed by atoms with E-state index in [0.717, 1.165) is 25.7 Å². The number of aromatic nitrogens is 1. The van der Waals surface area contributed by atoms with Crippen LogP contribution in [0.4, 0.5) is 4.39 Å². The molecule has 2 amide bonds. The van der Waals surface area contributed by atoms with E-state index in [2.05, 4.69) is 5.32 Å². The average Bonchev–Trinajstić information content (AvgIpc) is 2.82. The number of hydrogen-bond donors (Lipinski definition) is 2. The van der Waals surface area contributed by atoms with Crippen LogP contribution >= 0.6 is 0 Å². The van der Waals surface area contributed by atoms with Crippen LogP contribution < -0.4 is 10.7 Å². The topological polar surface area (TPSA) is 101 Å². The summed E-state index contributed by atoms with van der Waals surface area (Å²) >= 11 is 0. The molecule has 4 rings (SSSR count). The first kappa shape index (κ1) is 23.0. The molecule has 1 aromatic heterocycles. The summed E-state index contributed by atoms with van der Waals surface area (Å²) in [7, 11) is 1.69. The lowest BCUT2D eigenvalue weighted by Crippen LogP contribution is -2.47. The smallest absolute Gasteiger partial charge is 0.274 e. The fourth-order valence-corrected chi connectivity index (χ4v) is 4.70. The number of halogens is 1. The van der Waals surface area contributed by atoms with E-state index in [9.17, 15) is 23.9 Å². The maximum atomic E-state index is 13.3. The van der Waals surface area contributed by atoms with E-state index in [-0.39, 0.29) is 42.9 Å². The van der Waals surface area contributed by atoms with Crippen LogP contribution in [0.15, 0.2) is 35.3 Å². The normalized spacial score (nSPS) is 21.2. The van der Waals surface area contributed by atoms with Gasteiger partial charge in [0.05, 0.1) is 13.2 Å². The molecule has 1 fully saturated rings. The number of pyridine rings is 1. The molecule has 1 saturated carbocycles. The number of carbonyl (C=O) groups excluding carboxylic acids is 2. The molecule has 176 valence electrons. The second-order valence-corrected chi connectivity index (χ2v) is 8.67. The van der Waals surface area contributed by atoms with Crippen molar-refractivity contribution < 1.29 is 23.8 Å². The van der Waals surface area contributed by atoms with Gasteiger partial charge in [-0.25, -0.2) is 4.39 Å². The number of carbonyl (C=O) groups is 2. The molecule has 1 aliphatic heterocycles. The number of hydrogen-bond acceptors (Lipinski definition) is 5. The third-order valence-corrected chi connectivity index (χ3v) is 6.56. The molecule has 8 nitrogen and oxygen atoms in total. The van der Waals surface area contributed by atoms with Crippen LogP contribution in [0.3, 0.4) is 0 Å². The van der Waals surface area contributed by atoms with Crippen LogP contribution in [0.2, 0.25) is 0 Å². The summed E-state index contributed by atoms with van der Waals surface area (Å²) in [5, 5.41) is 13.3. The number of fused-ring (bicyclic) bond motifs is 2. The fourth-order valence-electron chi connectivity index (χ4n) is 4.70. The van der Waals surface area contributed by atoms with Crippen LogP contribution in [0.25, 0.3) is 0 Å². The number of nitrogens with zero attached hydrogens (tertiary/aromatic N) is 2. The Morgan fingerprint density at radius 3 is 2.70 bits per heavy atom. The summed E-state index contributed by atoms with van der Waals surface area (Å²) in [5.74, 6) is -2.06. The average molecular weight is 458 g/mol. The Bertz CT molecular complexity index is 1100. The maximum Gasteiger partial charge on any atom is 0.274 e. The molecule has 2 aliphatic rings. The van der Waals surface area contributed by atoms with Gasteiger partial charge >= 0.3 is 0 Å². The molecule has 2 atom stereocenters. The van der Waals surface area contributed by atoms with Crippen molar-refractivity contribution in [3.05, 3.63) is 63.3 Å². The highest BCUT2D eigenvalue weighted by Crippen LogP contribution is 2.30. The maximum absolute atomic E-state index is 13.3. The Morgan fingerprint density at radius 2 is 1.94 bits per heavy atom. The van der Waals surface area contributed by atoms with Gasteiger partial charge in [0.1, 0.15) is 11.4 Å². The molecule has 1 aromatic carbocycles. The molecule has 2 aromatic rings. The molecular weight excluding hydrogens is 429 g/mol. The van der Waals surface area contributed by atoms with Gasteiger partial charge in [-0.3, -0.25) is 14.4 Å². The summed E-state index contributed by atoms with van der Waals surface area (Å²) < 4.78 is 20.4. The Hall–Kier alpha value is -3.20. The molecule has 2 heterocycles. The Morgan fingerprint density at radius 1 is 1.21 bits per heavy atom. The van der Waals surface area contributed by atoms with E-state index >= 15 is 0 Å². The Balaban J connectivity index is 1.63. The zero-order valence-corrected chi connectivity index (χ0v) is 18.6. The van der Waals surface area contributed by atoms with Crippen LogP contribution in [0.1, 0.15) is 52.1 Å². The van der Waals surface area contributed by atoms with Gasteiger partial charge in [-0.1, -0.05) is 25.0 Å². The van der Waals surface area contributed by atoms with Crippen molar-refractivity contribution in [2.75, 3.05) is 20.3 Å². The molecule has 0 spiro atoms. The second-order valence-electron chi connectivity index (χ2n) is 8.67. The number of ether oxygens (including phenoxy) is 1. The molecule has 0 radical (unpaired) electrons. The van der Waals surface area contributed by atoms with Crippen molar-refractivity contribution >= 4 is 11.8 Å². The summed E-state index contributed by atoms with van der Waals surface area (Å²) in [4.78, 5) is 40.5. The monoisotopic (exact) mass is 457 g/mol. The lowest BCUT2D eigenvalue weighted by molar-refractivity contribution is 0.0238. The van der Waals surface area contributed by atoms with Crippen molar-refractivity contribution in [2.24, 2.45) is 5.92 Å². The second kappa shape index (κ2) is 9.74. The van der Waals surface area contributed by atoms with Crippen LogP contribution in [-0.4, -0.2) is 52.7 Å². The molecule has 33 heavy (non-hydrogen) atoms. The predicted octanol–water partition coefficient (Wildman–Crippen LogP) is 2.28. The summed E-state index contributed by atoms with van der Waals surface area (Å²) in [6.07, 6.45) is 5.20. The minimum absolute atomic E-state index is 0.0361. The summed E-state index contributed by atoms with van der Waals surface area (Å²) in [6, 6.07) is 5.57. The van der Waals surface area contributed by atoms with Crippen LogP contribution in [-0.2, 0) is 17.8 Å². The Labute approximate surface area is 191 Å². The van der Waals surface area contributed by atoms with Gasteiger partial charge in [0.25, 0.3) is 11.8 Å². The fraction of sp³-hybridized carbons (Fsp3) is 0.458. The molecular formula is C24H28FN3O5. The highest BCUT2D eigenvalue weighted by Gasteiger charge is 2.35. The van der Waals surface area contributed by atoms with Crippen molar-refractivity contribution in [3.8, 4) is 5.75 Å². The summed E-state index contributed by atoms with van der Waals surface area (Å²) in [6.45, 7) is 1.11. The highest BCUT2D eigenvalue weighted by atomic mass is 19.1. The first-order chi connectivity index (χ1) is 15.9. The van der Waals surface area contributed by atoms with E-state index in [4.69, 9.17) is 4.74 Å². The van der Waals surface area contributed by atoms with E-state index < -0.39 is 28.8 Å². The minimum Gasteiger partial charge on any atom is -0.503 e. The molecule has 0 saturated heterocycles. The van der Waals surface area contributed by atoms with E-state index in [1.54, 1.807) is 11.9 Å². The zero-order chi connectivity index (χ0) is 23.5. The first-order valence-electron chi connectivity index (χ1n) is 11.2. The van der Waals surface area contributed by atoms with Gasteiger partial charge in [0.15, 0.2) is 11.4 Å². The number of rotatable bonds is 3. The minimum atomic E-state index is -0.905. The standard InChI is InChI=1S/C24H28FN3O5/c1-27-19-5-3-2-4-16(19)14-33-11-10-28-13-18(21(29)22(30)20(28)24(27)32)23(31)26-12-15-6-8-17(25)9-7-15/h6-9,13,16,19,30H,2-5,10-12,14H2,1H3,(H,26,31)/t16-,19-/m0/s1. The van der Waals surface area contributed by atoms with Crippen LogP contribution in [0, 0.1) is 11.7 Å². The molecule has 9 heteroatoms. The molecule has 1 aliphatic carbocycles.